The highest BCUT2D eigenvalue weighted by Gasteiger charge is 2.15. The first-order valence-electron chi connectivity index (χ1n) is 5.67. The zero-order chi connectivity index (χ0) is 13.0. The molecule has 4 nitrogen and oxygen atoms in total. The number of hydrogen-bond acceptors (Lipinski definition) is 3. The number of amides is 1. The number of rotatable bonds is 4. The zero-order valence-electron chi connectivity index (χ0n) is 10.3. The van der Waals surface area contributed by atoms with Crippen LogP contribution in [0.1, 0.15) is 6.92 Å². The van der Waals surface area contributed by atoms with Crippen molar-refractivity contribution in [2.24, 2.45) is 7.05 Å². The van der Waals surface area contributed by atoms with Crippen molar-refractivity contribution in [2.75, 3.05) is 5.32 Å². The molecule has 1 amide bonds. The van der Waals surface area contributed by atoms with Gasteiger partial charge in [0, 0.05) is 24.2 Å². The van der Waals surface area contributed by atoms with E-state index < -0.39 is 0 Å². The van der Waals surface area contributed by atoms with Gasteiger partial charge in [-0.15, -0.1) is 11.8 Å². The molecule has 0 saturated carbocycles. The summed E-state index contributed by atoms with van der Waals surface area (Å²) in [5.74, 6) is 0.547. The molecule has 0 aliphatic rings. The van der Waals surface area contributed by atoms with Gasteiger partial charge in [-0.05, 0) is 19.1 Å². The molecule has 1 heterocycles. The minimum atomic E-state index is -0.158. The number of hydrogen-bond donors (Lipinski definition) is 1. The van der Waals surface area contributed by atoms with Gasteiger partial charge in [0.1, 0.15) is 0 Å². The van der Waals surface area contributed by atoms with Crippen LogP contribution in [0, 0.1) is 0 Å². The average molecular weight is 261 g/mol. The lowest BCUT2D eigenvalue weighted by atomic mass is 10.4. The Balaban J connectivity index is 1.93. The van der Waals surface area contributed by atoms with Crippen molar-refractivity contribution in [1.29, 1.82) is 0 Å². The van der Waals surface area contributed by atoms with Crippen LogP contribution in [0.2, 0.25) is 0 Å². The molecule has 2 aromatic rings. The fourth-order valence-corrected chi connectivity index (χ4v) is 2.35. The summed E-state index contributed by atoms with van der Waals surface area (Å²) < 4.78 is 1.66. The Labute approximate surface area is 110 Å². The molecule has 1 atom stereocenters. The van der Waals surface area contributed by atoms with E-state index in [0.29, 0.717) is 5.82 Å². The van der Waals surface area contributed by atoms with Crippen LogP contribution in [0.15, 0.2) is 47.5 Å². The minimum Gasteiger partial charge on any atom is -0.308 e. The summed E-state index contributed by atoms with van der Waals surface area (Å²) in [6.45, 7) is 1.88. The van der Waals surface area contributed by atoms with E-state index in [0.717, 1.165) is 4.90 Å². The number of benzene rings is 1. The van der Waals surface area contributed by atoms with Crippen LogP contribution in [0.4, 0.5) is 5.82 Å². The molecule has 0 saturated heterocycles. The topological polar surface area (TPSA) is 46.9 Å². The number of nitrogens with zero attached hydrogens (tertiary/aromatic N) is 2. The minimum absolute atomic E-state index is 0.0393. The maximum atomic E-state index is 11.9. The Morgan fingerprint density at radius 1 is 1.33 bits per heavy atom. The molecule has 0 bridgehead atoms. The van der Waals surface area contributed by atoms with Crippen LogP contribution >= 0.6 is 11.8 Å². The Hall–Kier alpha value is -1.75. The second kappa shape index (κ2) is 5.73. The third kappa shape index (κ3) is 3.37. The molecule has 1 N–H and O–H groups in total. The summed E-state index contributed by atoms with van der Waals surface area (Å²) in [7, 11) is 1.82. The quantitative estimate of drug-likeness (QED) is 0.860. The number of aromatic nitrogens is 2. The number of carbonyl (C=O) groups excluding carboxylic acids is 1. The number of anilines is 1. The monoisotopic (exact) mass is 261 g/mol. The lowest BCUT2D eigenvalue weighted by molar-refractivity contribution is -0.115. The van der Waals surface area contributed by atoms with Gasteiger partial charge >= 0.3 is 0 Å². The Morgan fingerprint density at radius 3 is 2.67 bits per heavy atom. The molecule has 0 unspecified atom stereocenters. The second-order valence-electron chi connectivity index (χ2n) is 3.94. The normalized spacial score (nSPS) is 12.1. The summed E-state index contributed by atoms with van der Waals surface area (Å²) in [6, 6.07) is 11.7. The van der Waals surface area contributed by atoms with E-state index in [1.54, 1.807) is 16.9 Å². The fourth-order valence-electron chi connectivity index (χ4n) is 1.47. The van der Waals surface area contributed by atoms with Crippen molar-refractivity contribution >= 4 is 23.5 Å². The number of thioether (sulfide) groups is 1. The summed E-state index contributed by atoms with van der Waals surface area (Å²) in [5, 5.41) is 6.75. The van der Waals surface area contributed by atoms with Crippen LogP contribution in [-0.2, 0) is 11.8 Å². The Kier molecular flexibility index (Phi) is 4.04. The van der Waals surface area contributed by atoms with E-state index in [-0.39, 0.29) is 11.2 Å². The van der Waals surface area contributed by atoms with Crippen LogP contribution < -0.4 is 5.32 Å². The molecule has 5 heteroatoms. The molecular formula is C13H15N3OS. The largest absolute Gasteiger partial charge is 0.308 e. The highest BCUT2D eigenvalue weighted by atomic mass is 32.2. The standard InChI is InChI=1S/C13H15N3OS/c1-10(18-11-6-4-3-5-7-11)13(17)14-12-8-9-16(2)15-12/h3-10H,1-2H3,(H,14,15,17)/t10-/m1/s1. The molecule has 1 aromatic heterocycles. The van der Waals surface area contributed by atoms with Gasteiger partial charge in [0.2, 0.25) is 5.91 Å². The van der Waals surface area contributed by atoms with Gasteiger partial charge < -0.3 is 5.32 Å². The number of nitrogens with one attached hydrogen (secondary N) is 1. The van der Waals surface area contributed by atoms with Crippen molar-refractivity contribution < 1.29 is 4.79 Å². The predicted octanol–water partition coefficient (Wildman–Crippen LogP) is 2.54. The van der Waals surface area contributed by atoms with E-state index in [2.05, 4.69) is 10.4 Å². The van der Waals surface area contributed by atoms with Crippen LogP contribution in [0.25, 0.3) is 0 Å². The summed E-state index contributed by atoms with van der Waals surface area (Å²) in [5.41, 5.74) is 0. The van der Waals surface area contributed by atoms with E-state index in [1.165, 1.54) is 11.8 Å². The number of carbonyl (C=O) groups is 1. The number of aryl methyl sites for hydroxylation is 1. The zero-order valence-corrected chi connectivity index (χ0v) is 11.1. The third-order valence-electron chi connectivity index (χ3n) is 2.39. The maximum absolute atomic E-state index is 11.9. The van der Waals surface area contributed by atoms with Crippen molar-refractivity contribution in [3.8, 4) is 0 Å². The van der Waals surface area contributed by atoms with Gasteiger partial charge in [-0.3, -0.25) is 9.48 Å². The highest BCUT2D eigenvalue weighted by molar-refractivity contribution is 8.00. The molecule has 94 valence electrons. The third-order valence-corrected chi connectivity index (χ3v) is 3.50. The van der Waals surface area contributed by atoms with Gasteiger partial charge in [0.05, 0.1) is 5.25 Å². The molecule has 0 aliphatic carbocycles. The van der Waals surface area contributed by atoms with E-state index in [9.17, 15) is 4.79 Å². The predicted molar refractivity (Wildman–Crippen MR) is 73.6 cm³/mol. The van der Waals surface area contributed by atoms with Gasteiger partial charge in [-0.1, -0.05) is 18.2 Å². The second-order valence-corrected chi connectivity index (χ2v) is 5.35. The van der Waals surface area contributed by atoms with Crippen molar-refractivity contribution in [2.45, 2.75) is 17.1 Å². The fraction of sp³-hybridized carbons (Fsp3) is 0.231. The molecule has 0 radical (unpaired) electrons. The highest BCUT2D eigenvalue weighted by Crippen LogP contribution is 2.23. The van der Waals surface area contributed by atoms with E-state index >= 15 is 0 Å². The van der Waals surface area contributed by atoms with Gasteiger partial charge in [-0.25, -0.2) is 0 Å². The molecule has 0 fully saturated rings. The molecule has 18 heavy (non-hydrogen) atoms. The summed E-state index contributed by atoms with van der Waals surface area (Å²) >= 11 is 1.53. The Bertz CT molecular complexity index is 524. The smallest absolute Gasteiger partial charge is 0.238 e. The molecule has 0 aliphatic heterocycles. The summed E-state index contributed by atoms with van der Waals surface area (Å²) in [6.07, 6.45) is 1.80. The van der Waals surface area contributed by atoms with Gasteiger partial charge in [0.25, 0.3) is 0 Å². The van der Waals surface area contributed by atoms with Crippen LogP contribution in [0.5, 0.6) is 0 Å². The first-order valence-corrected chi connectivity index (χ1v) is 6.55. The van der Waals surface area contributed by atoms with E-state index in [4.69, 9.17) is 0 Å². The summed E-state index contributed by atoms with van der Waals surface area (Å²) in [4.78, 5) is 13.0. The van der Waals surface area contributed by atoms with E-state index in [1.807, 2.05) is 44.3 Å². The molecule has 2 rings (SSSR count). The first kappa shape index (κ1) is 12.7. The molecular weight excluding hydrogens is 246 g/mol. The van der Waals surface area contributed by atoms with Crippen LogP contribution in [0.3, 0.4) is 0 Å². The first-order chi connectivity index (χ1) is 8.65. The van der Waals surface area contributed by atoms with Gasteiger partial charge in [-0.2, -0.15) is 5.10 Å². The molecule has 0 spiro atoms. The van der Waals surface area contributed by atoms with Crippen LogP contribution in [-0.4, -0.2) is 20.9 Å². The van der Waals surface area contributed by atoms with Gasteiger partial charge in [0.15, 0.2) is 5.82 Å². The van der Waals surface area contributed by atoms with Crippen molar-refractivity contribution in [1.82, 2.24) is 9.78 Å². The van der Waals surface area contributed by atoms with Crippen molar-refractivity contribution in [3.63, 3.8) is 0 Å². The molecule has 1 aromatic carbocycles. The maximum Gasteiger partial charge on any atom is 0.238 e. The lowest BCUT2D eigenvalue weighted by Crippen LogP contribution is -2.22. The van der Waals surface area contributed by atoms with Crippen molar-refractivity contribution in [3.05, 3.63) is 42.6 Å². The average Bonchev–Trinajstić information content (AvgIpc) is 2.76. The SMILES string of the molecule is C[C@@H](Sc1ccccc1)C(=O)Nc1ccn(C)n1. The lowest BCUT2D eigenvalue weighted by Gasteiger charge is -2.10. The Morgan fingerprint density at radius 2 is 2.06 bits per heavy atom.